The molecule has 0 aliphatic carbocycles. The van der Waals surface area contributed by atoms with E-state index in [0.717, 1.165) is 16.9 Å². The summed E-state index contributed by atoms with van der Waals surface area (Å²) in [5.41, 5.74) is 1.37. The Bertz CT molecular complexity index is 958. The predicted molar refractivity (Wildman–Crippen MR) is 101 cm³/mol. The van der Waals surface area contributed by atoms with Gasteiger partial charge in [0.1, 0.15) is 18.2 Å². The van der Waals surface area contributed by atoms with Crippen LogP contribution in [0.2, 0.25) is 0 Å². The van der Waals surface area contributed by atoms with Gasteiger partial charge in [0.2, 0.25) is 5.01 Å². The average Bonchev–Trinajstić information content (AvgIpc) is 3.16. The number of aryl methyl sites for hydroxylation is 1. The third-order valence-electron chi connectivity index (χ3n) is 3.68. The van der Waals surface area contributed by atoms with Gasteiger partial charge in [-0.25, -0.2) is 4.39 Å². The number of carbonyl (C=O) groups excluding carboxylic acids is 1. The van der Waals surface area contributed by atoms with Gasteiger partial charge in [-0.1, -0.05) is 23.5 Å². The number of carboxylic acids is 1. The molecular weight excluding hydrogens is 385 g/mol. The van der Waals surface area contributed by atoms with E-state index in [4.69, 9.17) is 9.84 Å². The molecular formula is C19H16FN3O4S. The Hall–Kier alpha value is -3.33. The number of aromatic nitrogens is 2. The Morgan fingerprint density at radius 1 is 1.07 bits per heavy atom. The van der Waals surface area contributed by atoms with Crippen LogP contribution in [0.3, 0.4) is 0 Å². The Labute approximate surface area is 163 Å². The number of nitrogens with zero attached hydrogens (tertiary/aromatic N) is 2. The van der Waals surface area contributed by atoms with Gasteiger partial charge in [0.15, 0.2) is 5.01 Å². The zero-order valence-electron chi connectivity index (χ0n) is 14.6. The van der Waals surface area contributed by atoms with Gasteiger partial charge in [0.25, 0.3) is 5.91 Å². The SMILES string of the molecule is O=C(O)CCc1ccc(OCc2nnc(C(=O)Nc3ccc(F)cc3)s2)cc1. The first kappa shape index (κ1) is 19.4. The Morgan fingerprint density at radius 3 is 2.46 bits per heavy atom. The van der Waals surface area contributed by atoms with E-state index < -0.39 is 11.9 Å². The van der Waals surface area contributed by atoms with Crippen LogP contribution in [0.1, 0.15) is 26.8 Å². The van der Waals surface area contributed by atoms with Crippen LogP contribution in [0.25, 0.3) is 0 Å². The highest BCUT2D eigenvalue weighted by molar-refractivity contribution is 7.13. The molecule has 1 heterocycles. The molecule has 0 fully saturated rings. The summed E-state index contributed by atoms with van der Waals surface area (Å²) < 4.78 is 18.5. The number of benzene rings is 2. The number of hydrogen-bond donors (Lipinski definition) is 2. The summed E-state index contributed by atoms with van der Waals surface area (Å²) >= 11 is 1.10. The fourth-order valence-corrected chi connectivity index (χ4v) is 2.92. The van der Waals surface area contributed by atoms with Gasteiger partial charge in [-0.05, 0) is 48.4 Å². The van der Waals surface area contributed by atoms with E-state index >= 15 is 0 Å². The molecule has 144 valence electrons. The molecule has 28 heavy (non-hydrogen) atoms. The van der Waals surface area contributed by atoms with Crippen molar-refractivity contribution in [3.8, 4) is 5.75 Å². The monoisotopic (exact) mass is 401 g/mol. The lowest BCUT2D eigenvalue weighted by Crippen LogP contribution is -2.11. The van der Waals surface area contributed by atoms with Gasteiger partial charge in [0.05, 0.1) is 0 Å². The molecule has 0 spiro atoms. The van der Waals surface area contributed by atoms with Crippen LogP contribution in [-0.2, 0) is 17.8 Å². The molecule has 9 heteroatoms. The minimum absolute atomic E-state index is 0.0771. The number of rotatable bonds is 8. The van der Waals surface area contributed by atoms with Crippen LogP contribution < -0.4 is 10.1 Å². The third-order valence-corrected chi connectivity index (χ3v) is 4.57. The summed E-state index contributed by atoms with van der Waals surface area (Å²) in [5.74, 6) is -1.05. The molecule has 0 unspecified atom stereocenters. The quantitative estimate of drug-likeness (QED) is 0.599. The van der Waals surface area contributed by atoms with Crippen molar-refractivity contribution in [1.82, 2.24) is 10.2 Å². The van der Waals surface area contributed by atoms with Gasteiger partial charge < -0.3 is 15.2 Å². The second-order valence-corrected chi connectivity index (χ2v) is 6.85. The van der Waals surface area contributed by atoms with Crippen LogP contribution in [-0.4, -0.2) is 27.2 Å². The molecule has 7 nitrogen and oxygen atoms in total. The third kappa shape index (κ3) is 5.58. The molecule has 0 aliphatic rings. The number of amides is 1. The Morgan fingerprint density at radius 2 is 1.79 bits per heavy atom. The number of carbonyl (C=O) groups is 2. The fraction of sp³-hybridized carbons (Fsp3) is 0.158. The van der Waals surface area contributed by atoms with Crippen molar-refractivity contribution in [3.05, 3.63) is 69.9 Å². The molecule has 1 aromatic heterocycles. The maximum Gasteiger partial charge on any atom is 0.303 e. The molecule has 1 amide bonds. The highest BCUT2D eigenvalue weighted by atomic mass is 32.1. The van der Waals surface area contributed by atoms with E-state index in [2.05, 4.69) is 15.5 Å². The first-order valence-electron chi connectivity index (χ1n) is 8.32. The summed E-state index contributed by atoms with van der Waals surface area (Å²) in [4.78, 5) is 22.7. The summed E-state index contributed by atoms with van der Waals surface area (Å²) in [6.45, 7) is 0.149. The zero-order chi connectivity index (χ0) is 19.9. The lowest BCUT2D eigenvalue weighted by atomic mass is 10.1. The van der Waals surface area contributed by atoms with E-state index in [9.17, 15) is 14.0 Å². The lowest BCUT2D eigenvalue weighted by Gasteiger charge is -2.05. The molecule has 0 saturated heterocycles. The first-order chi connectivity index (χ1) is 13.5. The number of halogens is 1. The van der Waals surface area contributed by atoms with Crippen LogP contribution >= 0.6 is 11.3 Å². The van der Waals surface area contributed by atoms with Gasteiger partial charge in [-0.2, -0.15) is 0 Å². The zero-order valence-corrected chi connectivity index (χ0v) is 15.4. The lowest BCUT2D eigenvalue weighted by molar-refractivity contribution is -0.136. The second-order valence-electron chi connectivity index (χ2n) is 5.79. The molecule has 0 saturated carbocycles. The van der Waals surface area contributed by atoms with E-state index in [-0.39, 0.29) is 23.9 Å². The number of ether oxygens (including phenoxy) is 1. The van der Waals surface area contributed by atoms with Crippen LogP contribution in [0.5, 0.6) is 5.75 Å². The smallest absolute Gasteiger partial charge is 0.303 e. The molecule has 2 aromatic carbocycles. The van der Waals surface area contributed by atoms with Crippen molar-refractivity contribution in [3.63, 3.8) is 0 Å². The normalized spacial score (nSPS) is 10.5. The van der Waals surface area contributed by atoms with E-state index in [0.29, 0.717) is 22.9 Å². The largest absolute Gasteiger partial charge is 0.486 e. The molecule has 0 bridgehead atoms. The fourth-order valence-electron chi connectivity index (χ4n) is 2.27. The summed E-state index contributed by atoms with van der Waals surface area (Å²) in [7, 11) is 0. The van der Waals surface area contributed by atoms with Crippen LogP contribution in [0, 0.1) is 5.82 Å². The van der Waals surface area contributed by atoms with Crippen LogP contribution in [0.15, 0.2) is 48.5 Å². The number of hydrogen-bond acceptors (Lipinski definition) is 6. The minimum atomic E-state index is -0.837. The van der Waals surface area contributed by atoms with Crippen molar-refractivity contribution < 1.29 is 23.8 Å². The van der Waals surface area contributed by atoms with E-state index in [1.165, 1.54) is 24.3 Å². The van der Waals surface area contributed by atoms with Gasteiger partial charge >= 0.3 is 5.97 Å². The van der Waals surface area contributed by atoms with Crippen molar-refractivity contribution in [2.45, 2.75) is 19.4 Å². The number of carboxylic acid groups (broad SMARTS) is 1. The highest BCUT2D eigenvalue weighted by Crippen LogP contribution is 2.18. The standard InChI is InChI=1S/C19H16FN3O4S/c20-13-4-6-14(7-5-13)21-18(26)19-23-22-16(28-19)11-27-15-8-1-12(2-9-15)3-10-17(24)25/h1-2,4-9H,3,10-11H2,(H,21,26)(H,24,25). The van der Waals surface area contributed by atoms with Crippen molar-refractivity contribution in [1.29, 1.82) is 0 Å². The summed E-state index contributed by atoms with van der Waals surface area (Å²) in [6, 6.07) is 12.5. The summed E-state index contributed by atoms with van der Waals surface area (Å²) in [6.07, 6.45) is 0.534. The maximum atomic E-state index is 12.9. The van der Waals surface area contributed by atoms with Gasteiger partial charge in [-0.15, -0.1) is 10.2 Å². The van der Waals surface area contributed by atoms with Gasteiger partial charge in [0, 0.05) is 12.1 Å². The van der Waals surface area contributed by atoms with Crippen molar-refractivity contribution in [2.75, 3.05) is 5.32 Å². The van der Waals surface area contributed by atoms with Crippen LogP contribution in [0.4, 0.5) is 10.1 Å². The minimum Gasteiger partial charge on any atom is -0.486 e. The Kier molecular flexibility index (Phi) is 6.28. The number of nitrogens with one attached hydrogen (secondary N) is 1. The Balaban J connectivity index is 1.52. The molecule has 2 N–H and O–H groups in total. The topological polar surface area (TPSA) is 101 Å². The first-order valence-corrected chi connectivity index (χ1v) is 9.14. The van der Waals surface area contributed by atoms with Crippen molar-refractivity contribution >= 4 is 28.9 Å². The number of anilines is 1. The summed E-state index contributed by atoms with van der Waals surface area (Å²) in [5, 5.41) is 19.8. The van der Waals surface area contributed by atoms with E-state index in [1.54, 1.807) is 24.3 Å². The second kappa shape index (κ2) is 9.05. The highest BCUT2D eigenvalue weighted by Gasteiger charge is 2.13. The molecule has 0 aliphatic heterocycles. The molecule has 0 radical (unpaired) electrons. The maximum absolute atomic E-state index is 12.9. The molecule has 3 rings (SSSR count). The van der Waals surface area contributed by atoms with Gasteiger partial charge in [-0.3, -0.25) is 9.59 Å². The molecule has 0 atom stereocenters. The van der Waals surface area contributed by atoms with E-state index in [1.807, 2.05) is 0 Å². The predicted octanol–water partition coefficient (Wildman–Crippen LogP) is 3.53. The average molecular weight is 401 g/mol. The molecule has 3 aromatic rings. The van der Waals surface area contributed by atoms with Crippen molar-refractivity contribution in [2.24, 2.45) is 0 Å². The number of aliphatic carboxylic acids is 1.